The van der Waals surface area contributed by atoms with Gasteiger partial charge in [0.05, 0.1) is 13.2 Å². The second kappa shape index (κ2) is 2.95. The Morgan fingerprint density at radius 1 is 1.69 bits per heavy atom. The van der Waals surface area contributed by atoms with Crippen molar-refractivity contribution in [1.29, 1.82) is 0 Å². The van der Waals surface area contributed by atoms with Gasteiger partial charge in [-0.2, -0.15) is 0 Å². The Kier molecular flexibility index (Phi) is 2.03. The van der Waals surface area contributed by atoms with Crippen molar-refractivity contribution in [3.05, 3.63) is 11.6 Å². The number of fused-ring (bicyclic) bond motifs is 1. The molecule has 0 unspecified atom stereocenters. The van der Waals surface area contributed by atoms with Crippen LogP contribution in [0, 0.1) is 11.3 Å². The van der Waals surface area contributed by atoms with Gasteiger partial charge in [-0.05, 0) is 12.0 Å². The van der Waals surface area contributed by atoms with E-state index in [4.69, 9.17) is 4.74 Å². The molecule has 2 aliphatic rings. The van der Waals surface area contributed by atoms with Crippen molar-refractivity contribution >= 4 is 5.78 Å². The summed E-state index contributed by atoms with van der Waals surface area (Å²) < 4.78 is 5.44. The Morgan fingerprint density at radius 2 is 2.46 bits per heavy atom. The van der Waals surface area contributed by atoms with E-state index in [2.05, 4.69) is 13.0 Å². The average molecular weight is 180 g/mol. The van der Waals surface area contributed by atoms with Crippen LogP contribution in [0.4, 0.5) is 0 Å². The number of rotatable bonds is 1. The molecule has 1 fully saturated rings. The van der Waals surface area contributed by atoms with Crippen LogP contribution >= 0.6 is 0 Å². The molecule has 0 aromatic heterocycles. The van der Waals surface area contributed by atoms with Gasteiger partial charge in [0.25, 0.3) is 0 Å². The van der Waals surface area contributed by atoms with E-state index in [0.29, 0.717) is 18.1 Å². The number of hydrogen-bond donors (Lipinski definition) is 0. The summed E-state index contributed by atoms with van der Waals surface area (Å²) in [5, 5.41) is 0. The highest BCUT2D eigenvalue weighted by molar-refractivity contribution is 5.96. The lowest BCUT2D eigenvalue weighted by Crippen LogP contribution is -2.32. The summed E-state index contributed by atoms with van der Waals surface area (Å²) in [5.41, 5.74) is 1.10. The minimum absolute atomic E-state index is 0.0930. The summed E-state index contributed by atoms with van der Waals surface area (Å²) in [5.74, 6) is 0.798. The van der Waals surface area contributed by atoms with Gasteiger partial charge in [0.1, 0.15) is 0 Å². The minimum Gasteiger partial charge on any atom is -0.380 e. The van der Waals surface area contributed by atoms with Gasteiger partial charge in [-0.15, -0.1) is 0 Å². The number of ketones is 1. The van der Waals surface area contributed by atoms with E-state index < -0.39 is 0 Å². The summed E-state index contributed by atoms with van der Waals surface area (Å²) in [4.78, 5) is 11.6. The molecule has 72 valence electrons. The maximum atomic E-state index is 11.6. The number of carbonyl (C=O) groups is 1. The quantitative estimate of drug-likeness (QED) is 0.616. The third-order valence-corrected chi connectivity index (χ3v) is 3.33. The fourth-order valence-corrected chi connectivity index (χ4v) is 2.29. The first-order valence-electron chi connectivity index (χ1n) is 4.97. The minimum atomic E-state index is 0.0930. The zero-order valence-corrected chi connectivity index (χ0v) is 8.30. The van der Waals surface area contributed by atoms with Crippen molar-refractivity contribution in [3.8, 4) is 0 Å². The predicted octanol–water partition coefficient (Wildman–Crippen LogP) is 1.95. The van der Waals surface area contributed by atoms with Gasteiger partial charge in [-0.25, -0.2) is 0 Å². The SMILES string of the molecule is CCC1=C[C@H]2COC[C@@]2(C)CC1=O. The lowest BCUT2D eigenvalue weighted by atomic mass is 9.70. The second-order valence-electron chi connectivity index (χ2n) is 4.42. The average Bonchev–Trinajstić information content (AvgIpc) is 2.43. The Bertz CT molecular complexity index is 267. The van der Waals surface area contributed by atoms with Crippen molar-refractivity contribution in [3.63, 3.8) is 0 Å². The Hall–Kier alpha value is -0.630. The number of ether oxygens (including phenoxy) is 1. The Labute approximate surface area is 79.0 Å². The van der Waals surface area contributed by atoms with Crippen LogP contribution in [0.5, 0.6) is 0 Å². The van der Waals surface area contributed by atoms with Crippen LogP contribution in [0.15, 0.2) is 11.6 Å². The molecule has 0 radical (unpaired) electrons. The maximum absolute atomic E-state index is 11.6. The molecule has 0 bridgehead atoms. The third-order valence-electron chi connectivity index (χ3n) is 3.33. The van der Waals surface area contributed by atoms with Crippen LogP contribution in [0.1, 0.15) is 26.7 Å². The van der Waals surface area contributed by atoms with E-state index in [0.717, 1.165) is 25.2 Å². The van der Waals surface area contributed by atoms with Crippen molar-refractivity contribution in [1.82, 2.24) is 0 Å². The highest BCUT2D eigenvalue weighted by atomic mass is 16.5. The topological polar surface area (TPSA) is 26.3 Å². The first-order chi connectivity index (χ1) is 6.15. The molecule has 0 saturated carbocycles. The first kappa shape index (κ1) is 8.95. The van der Waals surface area contributed by atoms with E-state index in [-0.39, 0.29) is 5.41 Å². The molecule has 2 nitrogen and oxygen atoms in total. The molecule has 0 N–H and O–H groups in total. The number of hydrogen-bond acceptors (Lipinski definition) is 2. The van der Waals surface area contributed by atoms with Crippen molar-refractivity contribution in [2.75, 3.05) is 13.2 Å². The number of allylic oxidation sites excluding steroid dienone is 1. The Balaban J connectivity index is 2.30. The smallest absolute Gasteiger partial charge is 0.159 e. The number of carbonyl (C=O) groups excluding carboxylic acids is 1. The molecule has 2 atom stereocenters. The molecule has 1 heterocycles. The van der Waals surface area contributed by atoms with Crippen molar-refractivity contribution in [2.24, 2.45) is 11.3 Å². The highest BCUT2D eigenvalue weighted by Gasteiger charge is 2.43. The molecule has 2 heteroatoms. The summed E-state index contributed by atoms with van der Waals surface area (Å²) in [6.45, 7) is 5.75. The molecular weight excluding hydrogens is 164 g/mol. The molecule has 1 aliphatic heterocycles. The zero-order valence-electron chi connectivity index (χ0n) is 8.30. The van der Waals surface area contributed by atoms with E-state index in [1.54, 1.807) is 0 Å². The third kappa shape index (κ3) is 1.33. The predicted molar refractivity (Wildman–Crippen MR) is 50.4 cm³/mol. The van der Waals surface area contributed by atoms with Crippen molar-refractivity contribution in [2.45, 2.75) is 26.7 Å². The van der Waals surface area contributed by atoms with Crippen LogP contribution < -0.4 is 0 Å². The zero-order chi connectivity index (χ0) is 9.47. The van der Waals surface area contributed by atoms with Crippen LogP contribution in [0.25, 0.3) is 0 Å². The van der Waals surface area contributed by atoms with E-state index in [9.17, 15) is 4.79 Å². The summed E-state index contributed by atoms with van der Waals surface area (Å²) in [6.07, 6.45) is 3.68. The fourth-order valence-electron chi connectivity index (χ4n) is 2.29. The molecular formula is C11H16O2. The van der Waals surface area contributed by atoms with Crippen LogP contribution in [-0.2, 0) is 9.53 Å². The second-order valence-corrected chi connectivity index (χ2v) is 4.42. The molecule has 0 aromatic carbocycles. The largest absolute Gasteiger partial charge is 0.380 e. The Morgan fingerprint density at radius 3 is 3.15 bits per heavy atom. The van der Waals surface area contributed by atoms with Gasteiger partial charge < -0.3 is 4.74 Å². The van der Waals surface area contributed by atoms with Crippen LogP contribution in [-0.4, -0.2) is 19.0 Å². The lowest BCUT2D eigenvalue weighted by molar-refractivity contribution is -0.118. The monoisotopic (exact) mass is 180 g/mol. The van der Waals surface area contributed by atoms with Crippen LogP contribution in [0.2, 0.25) is 0 Å². The fraction of sp³-hybridized carbons (Fsp3) is 0.727. The molecule has 13 heavy (non-hydrogen) atoms. The maximum Gasteiger partial charge on any atom is 0.159 e. The van der Waals surface area contributed by atoms with E-state index in [1.165, 1.54) is 0 Å². The summed E-state index contributed by atoms with van der Waals surface area (Å²) in [6, 6.07) is 0. The first-order valence-corrected chi connectivity index (χ1v) is 4.97. The van der Waals surface area contributed by atoms with Gasteiger partial charge in [-0.3, -0.25) is 4.79 Å². The normalized spacial score (nSPS) is 38.8. The summed E-state index contributed by atoms with van der Waals surface area (Å²) in [7, 11) is 0. The van der Waals surface area contributed by atoms with Gasteiger partial charge in [0.2, 0.25) is 0 Å². The molecule has 0 spiro atoms. The van der Waals surface area contributed by atoms with Gasteiger partial charge in [0, 0.05) is 17.8 Å². The molecule has 2 rings (SSSR count). The summed E-state index contributed by atoms with van der Waals surface area (Å²) >= 11 is 0. The molecule has 0 amide bonds. The van der Waals surface area contributed by atoms with Gasteiger partial charge >= 0.3 is 0 Å². The molecule has 1 aliphatic carbocycles. The van der Waals surface area contributed by atoms with E-state index >= 15 is 0 Å². The standard InChI is InChI=1S/C11H16O2/c1-3-8-4-9-6-13-7-11(9,2)5-10(8)12/h4,9H,3,5-7H2,1-2H3/t9-,11+/m0/s1. The number of Topliss-reactive ketones (excluding diaryl/α,β-unsaturated/α-hetero) is 1. The molecule has 0 aromatic rings. The van der Waals surface area contributed by atoms with Gasteiger partial charge in [0.15, 0.2) is 5.78 Å². The van der Waals surface area contributed by atoms with E-state index in [1.807, 2.05) is 6.92 Å². The van der Waals surface area contributed by atoms with Gasteiger partial charge in [-0.1, -0.05) is 19.9 Å². The molecule has 1 saturated heterocycles. The lowest BCUT2D eigenvalue weighted by Gasteiger charge is -2.31. The van der Waals surface area contributed by atoms with Crippen molar-refractivity contribution < 1.29 is 9.53 Å². The van der Waals surface area contributed by atoms with Crippen LogP contribution in [0.3, 0.4) is 0 Å². The highest BCUT2D eigenvalue weighted by Crippen LogP contribution is 2.43.